The smallest absolute Gasteiger partial charge is 0.251 e. The Bertz CT molecular complexity index is 894. The van der Waals surface area contributed by atoms with Gasteiger partial charge >= 0.3 is 0 Å². The highest BCUT2D eigenvalue weighted by Gasteiger charge is 2.46. The van der Waals surface area contributed by atoms with E-state index in [0.29, 0.717) is 33.9 Å². The Labute approximate surface area is 156 Å². The fourth-order valence-corrected chi connectivity index (χ4v) is 5.67. The molecule has 3 rings (SSSR count). The molecular formula is C22H26O3Si. The van der Waals surface area contributed by atoms with E-state index in [4.69, 9.17) is 4.43 Å². The molecule has 0 unspecified atom stereocenters. The van der Waals surface area contributed by atoms with E-state index in [2.05, 4.69) is 40.8 Å². The second kappa shape index (κ2) is 6.20. The van der Waals surface area contributed by atoms with E-state index in [9.17, 15) is 9.59 Å². The number of rotatable bonds is 4. The molecule has 1 aliphatic carbocycles. The molecule has 136 valence electrons. The van der Waals surface area contributed by atoms with Gasteiger partial charge in [-0.05, 0) is 30.1 Å². The van der Waals surface area contributed by atoms with Crippen molar-refractivity contribution in [3.05, 3.63) is 64.7 Å². The van der Waals surface area contributed by atoms with Gasteiger partial charge in [-0.25, -0.2) is 0 Å². The second-order valence-corrected chi connectivity index (χ2v) is 12.9. The first kappa shape index (κ1) is 18.6. The van der Waals surface area contributed by atoms with Crippen LogP contribution in [0.3, 0.4) is 0 Å². The van der Waals surface area contributed by atoms with E-state index in [0.717, 1.165) is 0 Å². The van der Waals surface area contributed by atoms with Crippen LogP contribution >= 0.6 is 0 Å². The summed E-state index contributed by atoms with van der Waals surface area (Å²) in [6.07, 6.45) is 0. The maximum Gasteiger partial charge on any atom is 0.251 e. The van der Waals surface area contributed by atoms with Gasteiger partial charge in [0.15, 0.2) is 11.6 Å². The minimum Gasteiger partial charge on any atom is -0.543 e. The molecule has 0 saturated carbocycles. The minimum atomic E-state index is -2.20. The summed E-state index contributed by atoms with van der Waals surface area (Å²) in [7, 11) is -2.20. The van der Waals surface area contributed by atoms with Gasteiger partial charge in [0.1, 0.15) is 5.75 Å². The molecule has 0 N–H and O–H groups in total. The van der Waals surface area contributed by atoms with Crippen LogP contribution in [-0.2, 0) is 0 Å². The van der Waals surface area contributed by atoms with E-state index in [1.807, 2.05) is 6.07 Å². The Morgan fingerprint density at radius 3 is 1.96 bits per heavy atom. The van der Waals surface area contributed by atoms with Crippen LogP contribution in [0.5, 0.6) is 5.75 Å². The third kappa shape index (κ3) is 2.73. The van der Waals surface area contributed by atoms with Gasteiger partial charge in [-0.3, -0.25) is 9.59 Å². The maximum atomic E-state index is 13.1. The van der Waals surface area contributed by atoms with Crippen molar-refractivity contribution in [2.45, 2.75) is 45.8 Å². The molecule has 0 amide bonds. The number of carbonyl (C=O) groups excluding carboxylic acids is 2. The molecule has 1 aliphatic rings. The molecular weight excluding hydrogens is 340 g/mol. The molecule has 0 fully saturated rings. The largest absolute Gasteiger partial charge is 0.543 e. The Kier molecular flexibility index (Phi) is 4.43. The number of hydrogen-bond acceptors (Lipinski definition) is 3. The number of hydrogen-bond donors (Lipinski definition) is 0. The molecule has 0 heterocycles. The van der Waals surface area contributed by atoms with Crippen LogP contribution < -0.4 is 4.43 Å². The summed E-state index contributed by atoms with van der Waals surface area (Å²) < 4.78 is 6.53. The summed E-state index contributed by atoms with van der Waals surface area (Å²) >= 11 is 0. The second-order valence-electron chi connectivity index (χ2n) is 8.37. The van der Waals surface area contributed by atoms with E-state index in [1.54, 1.807) is 36.4 Å². The number of ketones is 2. The molecule has 3 nitrogen and oxygen atoms in total. The number of fused-ring (bicyclic) bond motifs is 2. The lowest BCUT2D eigenvalue weighted by Crippen LogP contribution is -2.48. The van der Waals surface area contributed by atoms with Crippen molar-refractivity contribution in [1.29, 1.82) is 0 Å². The minimum absolute atomic E-state index is 0.00928. The molecule has 4 heteroatoms. The zero-order valence-electron chi connectivity index (χ0n) is 16.3. The molecule has 0 atom stereocenters. The lowest BCUT2D eigenvalue weighted by Gasteiger charge is -2.43. The first-order chi connectivity index (χ1) is 12.1. The molecule has 0 aromatic heterocycles. The van der Waals surface area contributed by atoms with Gasteiger partial charge in [-0.2, -0.15) is 0 Å². The van der Waals surface area contributed by atoms with Crippen LogP contribution in [0.25, 0.3) is 0 Å². The molecule has 26 heavy (non-hydrogen) atoms. The van der Waals surface area contributed by atoms with Crippen LogP contribution in [0, 0.1) is 5.92 Å². The van der Waals surface area contributed by atoms with E-state index < -0.39 is 8.32 Å². The van der Waals surface area contributed by atoms with Gasteiger partial charge in [0, 0.05) is 16.7 Å². The van der Waals surface area contributed by atoms with Gasteiger partial charge in [0.25, 0.3) is 8.32 Å². The zero-order chi connectivity index (χ0) is 19.3. The fourth-order valence-electron chi connectivity index (χ4n) is 3.30. The molecule has 0 spiro atoms. The summed E-state index contributed by atoms with van der Waals surface area (Å²) in [5.41, 5.74) is 1.79. The average Bonchev–Trinajstić information content (AvgIpc) is 2.59. The van der Waals surface area contributed by atoms with Crippen molar-refractivity contribution in [3.63, 3.8) is 0 Å². The van der Waals surface area contributed by atoms with Gasteiger partial charge < -0.3 is 4.43 Å². The molecule has 2 aromatic rings. The predicted octanol–water partition coefficient (Wildman–Crippen LogP) is 5.48. The predicted molar refractivity (Wildman–Crippen MR) is 107 cm³/mol. The molecule has 0 bridgehead atoms. The van der Waals surface area contributed by atoms with Crippen molar-refractivity contribution < 1.29 is 14.0 Å². The summed E-state index contributed by atoms with van der Waals surface area (Å²) in [6, 6.07) is 12.4. The van der Waals surface area contributed by atoms with Crippen LogP contribution in [0.1, 0.15) is 59.5 Å². The van der Waals surface area contributed by atoms with Gasteiger partial charge in [0.05, 0.1) is 5.56 Å². The van der Waals surface area contributed by atoms with Crippen molar-refractivity contribution in [2.24, 2.45) is 5.92 Å². The van der Waals surface area contributed by atoms with Gasteiger partial charge in [0.2, 0.25) is 0 Å². The van der Waals surface area contributed by atoms with E-state index >= 15 is 0 Å². The lowest BCUT2D eigenvalue weighted by molar-refractivity contribution is 0.0977. The molecule has 0 aliphatic heterocycles. The number of benzene rings is 2. The molecule has 2 aromatic carbocycles. The van der Waals surface area contributed by atoms with E-state index in [-0.39, 0.29) is 16.6 Å². The van der Waals surface area contributed by atoms with Crippen LogP contribution in [0.15, 0.2) is 42.5 Å². The molecule has 0 radical (unpaired) electrons. The highest BCUT2D eigenvalue weighted by molar-refractivity contribution is 6.75. The SMILES string of the molecule is CC(C)C(C)(C)[Si](C)(C)Oc1cccc2c1C(=O)c1ccccc1C2=O. The maximum absolute atomic E-state index is 13.1. The van der Waals surface area contributed by atoms with Crippen molar-refractivity contribution >= 4 is 19.9 Å². The van der Waals surface area contributed by atoms with Crippen molar-refractivity contribution in [2.75, 3.05) is 0 Å². The topological polar surface area (TPSA) is 43.4 Å². The normalized spacial score (nSPS) is 14.3. The van der Waals surface area contributed by atoms with E-state index in [1.165, 1.54) is 0 Å². The van der Waals surface area contributed by atoms with Crippen LogP contribution in [0.4, 0.5) is 0 Å². The van der Waals surface area contributed by atoms with Gasteiger partial charge in [-0.1, -0.05) is 64.1 Å². The third-order valence-electron chi connectivity index (χ3n) is 6.27. The van der Waals surface area contributed by atoms with Crippen molar-refractivity contribution in [1.82, 2.24) is 0 Å². The Morgan fingerprint density at radius 2 is 1.38 bits per heavy atom. The Balaban J connectivity index is 2.11. The average molecular weight is 367 g/mol. The highest BCUT2D eigenvalue weighted by atomic mass is 28.4. The molecule has 0 saturated heterocycles. The summed E-state index contributed by atoms with van der Waals surface area (Å²) in [4.78, 5) is 26.0. The summed E-state index contributed by atoms with van der Waals surface area (Å²) in [6.45, 7) is 13.2. The summed E-state index contributed by atoms with van der Waals surface area (Å²) in [5.74, 6) is 0.753. The van der Waals surface area contributed by atoms with Crippen LogP contribution in [-0.4, -0.2) is 19.9 Å². The van der Waals surface area contributed by atoms with Crippen LogP contribution in [0.2, 0.25) is 18.1 Å². The first-order valence-corrected chi connectivity index (χ1v) is 12.0. The third-order valence-corrected chi connectivity index (χ3v) is 10.7. The first-order valence-electron chi connectivity index (χ1n) is 9.08. The van der Waals surface area contributed by atoms with Gasteiger partial charge in [-0.15, -0.1) is 0 Å². The number of carbonyl (C=O) groups is 2. The highest BCUT2D eigenvalue weighted by Crippen LogP contribution is 2.46. The lowest BCUT2D eigenvalue weighted by atomic mass is 9.84. The Morgan fingerprint density at radius 1 is 0.846 bits per heavy atom. The zero-order valence-corrected chi connectivity index (χ0v) is 17.3. The van der Waals surface area contributed by atoms with Crippen molar-refractivity contribution in [3.8, 4) is 5.75 Å². The Hall–Kier alpha value is -2.20. The summed E-state index contributed by atoms with van der Waals surface area (Å²) in [5, 5.41) is 0.00928. The standard InChI is InChI=1S/C22H26O3Si/c1-14(2)22(3,4)26(5,6)25-18-13-9-12-17-19(18)21(24)16-11-8-7-10-15(16)20(17)23/h7-14H,1-6H3. The quantitative estimate of drug-likeness (QED) is 0.574. The monoisotopic (exact) mass is 366 g/mol. The fraction of sp³-hybridized carbons (Fsp3) is 0.364.